The topological polar surface area (TPSA) is 20.2 Å². The molecule has 1 aliphatic carbocycles. The molecular formula is C12H24O. The van der Waals surface area contributed by atoms with Crippen molar-refractivity contribution in [3.8, 4) is 0 Å². The molecule has 0 aromatic rings. The molecule has 1 saturated carbocycles. The summed E-state index contributed by atoms with van der Waals surface area (Å²) >= 11 is 0. The van der Waals surface area contributed by atoms with Gasteiger partial charge in [-0.25, -0.2) is 0 Å². The van der Waals surface area contributed by atoms with Crippen LogP contribution in [0.15, 0.2) is 0 Å². The number of hydrogen-bond donors (Lipinski definition) is 1. The van der Waals surface area contributed by atoms with E-state index in [1.54, 1.807) is 0 Å². The highest BCUT2D eigenvalue weighted by Crippen LogP contribution is 2.36. The minimum absolute atomic E-state index is 0.0229. The quantitative estimate of drug-likeness (QED) is 0.714. The van der Waals surface area contributed by atoms with Gasteiger partial charge in [0.1, 0.15) is 0 Å². The summed E-state index contributed by atoms with van der Waals surface area (Å²) in [6.07, 6.45) is 6.08. The lowest BCUT2D eigenvalue weighted by Crippen LogP contribution is -2.34. The summed E-state index contributed by atoms with van der Waals surface area (Å²) in [4.78, 5) is 0. The fourth-order valence-electron chi connectivity index (χ4n) is 2.79. The van der Waals surface area contributed by atoms with Crippen molar-refractivity contribution >= 4 is 0 Å². The van der Waals surface area contributed by atoms with Crippen LogP contribution in [0.25, 0.3) is 0 Å². The van der Waals surface area contributed by atoms with Crippen molar-refractivity contribution in [3.63, 3.8) is 0 Å². The molecule has 0 bridgehead atoms. The van der Waals surface area contributed by atoms with Crippen LogP contribution >= 0.6 is 0 Å². The molecule has 1 rings (SSSR count). The van der Waals surface area contributed by atoms with Gasteiger partial charge in [-0.3, -0.25) is 0 Å². The smallest absolute Gasteiger partial charge is 0.0573 e. The Morgan fingerprint density at radius 1 is 1.23 bits per heavy atom. The van der Waals surface area contributed by atoms with Crippen molar-refractivity contribution in [2.45, 2.75) is 59.0 Å². The fourth-order valence-corrected chi connectivity index (χ4v) is 2.79. The first kappa shape index (κ1) is 11.0. The summed E-state index contributed by atoms with van der Waals surface area (Å²) in [5.74, 6) is 2.03. The molecule has 0 radical (unpaired) electrons. The molecule has 4 unspecified atom stereocenters. The average molecular weight is 184 g/mol. The van der Waals surface area contributed by atoms with Crippen LogP contribution in [0.1, 0.15) is 52.9 Å². The number of rotatable bonds is 3. The van der Waals surface area contributed by atoms with Crippen LogP contribution in [0, 0.1) is 17.8 Å². The van der Waals surface area contributed by atoms with E-state index in [-0.39, 0.29) is 6.10 Å². The lowest BCUT2D eigenvalue weighted by atomic mass is 9.72. The zero-order valence-electron chi connectivity index (χ0n) is 9.29. The number of aliphatic hydroxyl groups excluding tert-OH is 1. The minimum Gasteiger partial charge on any atom is -0.393 e. The highest BCUT2D eigenvalue weighted by atomic mass is 16.3. The molecule has 0 aromatic heterocycles. The van der Waals surface area contributed by atoms with Gasteiger partial charge >= 0.3 is 0 Å². The molecule has 4 atom stereocenters. The standard InChI is InChI=1S/C12H24O/c1-4-5-6-11-10(3)7-9(2)8-12(11)13/h9-13H,4-8H2,1-3H3. The zero-order chi connectivity index (χ0) is 9.84. The van der Waals surface area contributed by atoms with Gasteiger partial charge in [0.05, 0.1) is 6.10 Å². The van der Waals surface area contributed by atoms with Crippen molar-refractivity contribution in [1.82, 2.24) is 0 Å². The van der Waals surface area contributed by atoms with Crippen LogP contribution in [-0.2, 0) is 0 Å². The van der Waals surface area contributed by atoms with E-state index >= 15 is 0 Å². The summed E-state index contributed by atoms with van der Waals surface area (Å²) in [5.41, 5.74) is 0. The lowest BCUT2D eigenvalue weighted by molar-refractivity contribution is 0.0113. The van der Waals surface area contributed by atoms with Crippen molar-refractivity contribution in [2.75, 3.05) is 0 Å². The van der Waals surface area contributed by atoms with Crippen molar-refractivity contribution in [2.24, 2.45) is 17.8 Å². The van der Waals surface area contributed by atoms with Gasteiger partial charge in [-0.2, -0.15) is 0 Å². The SMILES string of the molecule is CCCCC1C(C)CC(C)CC1O. The van der Waals surface area contributed by atoms with Gasteiger partial charge < -0.3 is 5.11 Å². The summed E-state index contributed by atoms with van der Waals surface area (Å²) < 4.78 is 0. The van der Waals surface area contributed by atoms with Crippen LogP contribution in [-0.4, -0.2) is 11.2 Å². The Morgan fingerprint density at radius 3 is 2.46 bits per heavy atom. The molecule has 1 nitrogen and oxygen atoms in total. The van der Waals surface area contributed by atoms with Crippen LogP contribution in [0.2, 0.25) is 0 Å². The molecule has 0 amide bonds. The highest BCUT2D eigenvalue weighted by molar-refractivity contribution is 4.82. The molecule has 1 fully saturated rings. The number of hydrogen-bond acceptors (Lipinski definition) is 1. The van der Waals surface area contributed by atoms with Gasteiger partial charge in [0, 0.05) is 0 Å². The predicted octanol–water partition coefficient (Wildman–Crippen LogP) is 3.22. The van der Waals surface area contributed by atoms with E-state index < -0.39 is 0 Å². The van der Waals surface area contributed by atoms with Gasteiger partial charge in [-0.15, -0.1) is 0 Å². The molecule has 1 N–H and O–H groups in total. The molecule has 1 heteroatoms. The number of unbranched alkanes of at least 4 members (excludes halogenated alkanes) is 1. The van der Waals surface area contributed by atoms with Crippen LogP contribution in [0.3, 0.4) is 0 Å². The highest BCUT2D eigenvalue weighted by Gasteiger charge is 2.31. The van der Waals surface area contributed by atoms with E-state index in [0.717, 1.165) is 18.3 Å². The third-order valence-electron chi connectivity index (χ3n) is 3.53. The van der Waals surface area contributed by atoms with Crippen molar-refractivity contribution in [3.05, 3.63) is 0 Å². The first-order chi connectivity index (χ1) is 6.15. The monoisotopic (exact) mass is 184 g/mol. The molecule has 13 heavy (non-hydrogen) atoms. The van der Waals surface area contributed by atoms with Crippen molar-refractivity contribution < 1.29 is 5.11 Å². The maximum absolute atomic E-state index is 9.94. The number of aliphatic hydroxyl groups is 1. The molecule has 0 spiro atoms. The first-order valence-electron chi connectivity index (χ1n) is 5.83. The van der Waals surface area contributed by atoms with Gasteiger partial charge in [0.2, 0.25) is 0 Å². The van der Waals surface area contributed by atoms with E-state index in [1.807, 2.05) is 0 Å². The Kier molecular flexibility index (Phi) is 4.24. The molecule has 0 aromatic carbocycles. The molecule has 1 aliphatic rings. The van der Waals surface area contributed by atoms with Gasteiger partial charge in [0.15, 0.2) is 0 Å². The van der Waals surface area contributed by atoms with Gasteiger partial charge in [0.25, 0.3) is 0 Å². The third-order valence-corrected chi connectivity index (χ3v) is 3.53. The van der Waals surface area contributed by atoms with E-state index in [1.165, 1.54) is 25.7 Å². The summed E-state index contributed by atoms with van der Waals surface area (Å²) in [6, 6.07) is 0. The second-order valence-corrected chi connectivity index (χ2v) is 4.93. The van der Waals surface area contributed by atoms with E-state index in [2.05, 4.69) is 20.8 Å². The third kappa shape index (κ3) is 2.98. The second kappa shape index (κ2) is 4.99. The minimum atomic E-state index is -0.0229. The normalized spacial score (nSPS) is 40.6. The Morgan fingerprint density at radius 2 is 1.92 bits per heavy atom. The molecule has 0 aliphatic heterocycles. The fraction of sp³-hybridized carbons (Fsp3) is 1.00. The van der Waals surface area contributed by atoms with Gasteiger partial charge in [-0.05, 0) is 37.0 Å². The van der Waals surface area contributed by atoms with E-state index in [9.17, 15) is 5.11 Å². The van der Waals surface area contributed by atoms with Crippen LogP contribution in [0.4, 0.5) is 0 Å². The summed E-state index contributed by atoms with van der Waals surface area (Å²) in [7, 11) is 0. The van der Waals surface area contributed by atoms with Crippen molar-refractivity contribution in [1.29, 1.82) is 0 Å². The Balaban J connectivity index is 2.41. The maximum atomic E-state index is 9.94. The van der Waals surface area contributed by atoms with Gasteiger partial charge in [-0.1, -0.05) is 33.6 Å². The maximum Gasteiger partial charge on any atom is 0.0573 e. The molecular weight excluding hydrogens is 160 g/mol. The predicted molar refractivity (Wildman–Crippen MR) is 56.6 cm³/mol. The Labute approximate surface area is 82.5 Å². The molecule has 0 heterocycles. The van der Waals surface area contributed by atoms with Crippen LogP contribution < -0.4 is 0 Å². The summed E-state index contributed by atoms with van der Waals surface area (Å²) in [6.45, 7) is 6.79. The zero-order valence-corrected chi connectivity index (χ0v) is 9.29. The molecule has 0 saturated heterocycles. The lowest BCUT2D eigenvalue weighted by Gasteiger charge is -2.37. The molecule has 78 valence electrons. The largest absolute Gasteiger partial charge is 0.393 e. The average Bonchev–Trinajstić information content (AvgIpc) is 2.02. The first-order valence-corrected chi connectivity index (χ1v) is 5.83. The Bertz CT molecular complexity index is 132. The van der Waals surface area contributed by atoms with Crippen LogP contribution in [0.5, 0.6) is 0 Å². The Hall–Kier alpha value is -0.0400. The van der Waals surface area contributed by atoms with E-state index in [4.69, 9.17) is 0 Å². The summed E-state index contributed by atoms with van der Waals surface area (Å²) in [5, 5.41) is 9.94. The van der Waals surface area contributed by atoms with E-state index in [0.29, 0.717) is 5.92 Å². The second-order valence-electron chi connectivity index (χ2n) is 4.93.